The molecule has 0 radical (unpaired) electrons. The second kappa shape index (κ2) is 7.75. The van der Waals surface area contributed by atoms with Crippen LogP contribution in [0.4, 0.5) is 5.95 Å². The Morgan fingerprint density at radius 2 is 1.77 bits per heavy atom. The Balaban J connectivity index is 1.36. The number of aryl methyl sites for hydroxylation is 2. The number of hydrogen-bond donors (Lipinski definition) is 0. The zero-order valence-electron chi connectivity index (χ0n) is 17.6. The van der Waals surface area contributed by atoms with Crippen LogP contribution < -0.4 is 4.90 Å². The summed E-state index contributed by atoms with van der Waals surface area (Å²) in [5, 5.41) is 8.80. The van der Waals surface area contributed by atoms with Gasteiger partial charge in [0.2, 0.25) is 5.95 Å². The Morgan fingerprint density at radius 1 is 1.00 bits per heavy atom. The fourth-order valence-corrected chi connectivity index (χ4v) is 5.00. The maximum absolute atomic E-state index is 5.91. The fraction of sp³-hybridized carbons (Fsp3) is 0.500. The maximum Gasteiger partial charge on any atom is 0.225 e. The van der Waals surface area contributed by atoms with E-state index >= 15 is 0 Å². The molecule has 1 saturated carbocycles. The van der Waals surface area contributed by atoms with E-state index in [0.717, 1.165) is 54.7 Å². The molecule has 30 heavy (non-hydrogen) atoms. The van der Waals surface area contributed by atoms with E-state index in [1.54, 1.807) is 13.3 Å². The van der Waals surface area contributed by atoms with Crippen molar-refractivity contribution in [1.82, 2.24) is 29.9 Å². The molecule has 0 amide bonds. The van der Waals surface area contributed by atoms with Gasteiger partial charge in [0.25, 0.3) is 0 Å². The first-order valence-corrected chi connectivity index (χ1v) is 10.5. The second-order valence-corrected chi connectivity index (χ2v) is 8.49. The van der Waals surface area contributed by atoms with Crippen LogP contribution in [-0.2, 0) is 4.74 Å². The second-order valence-electron chi connectivity index (χ2n) is 8.49. The lowest BCUT2D eigenvalue weighted by atomic mass is 9.77. The molecule has 1 saturated heterocycles. The van der Waals surface area contributed by atoms with Crippen LogP contribution in [0.15, 0.2) is 36.7 Å². The third-order valence-corrected chi connectivity index (χ3v) is 6.42. The van der Waals surface area contributed by atoms with Crippen LogP contribution in [-0.4, -0.2) is 56.2 Å². The van der Waals surface area contributed by atoms with Gasteiger partial charge in [0, 0.05) is 37.8 Å². The minimum atomic E-state index is 0.115. The average molecular weight is 406 g/mol. The molecule has 8 nitrogen and oxygen atoms in total. The van der Waals surface area contributed by atoms with E-state index in [1.807, 2.05) is 49.0 Å². The van der Waals surface area contributed by atoms with Crippen LogP contribution >= 0.6 is 0 Å². The Morgan fingerprint density at radius 3 is 2.47 bits per heavy atom. The summed E-state index contributed by atoms with van der Waals surface area (Å²) < 4.78 is 7.88. The van der Waals surface area contributed by atoms with Gasteiger partial charge in [-0.25, -0.2) is 14.6 Å². The molecule has 4 heterocycles. The van der Waals surface area contributed by atoms with Gasteiger partial charge in [-0.05, 0) is 56.7 Å². The van der Waals surface area contributed by atoms with E-state index in [-0.39, 0.29) is 12.1 Å². The van der Waals surface area contributed by atoms with Gasteiger partial charge >= 0.3 is 0 Å². The van der Waals surface area contributed by atoms with Crippen molar-refractivity contribution in [3.05, 3.63) is 48.0 Å². The van der Waals surface area contributed by atoms with Crippen LogP contribution in [0.25, 0.3) is 11.4 Å². The predicted octanol–water partition coefficient (Wildman–Crippen LogP) is 2.85. The summed E-state index contributed by atoms with van der Waals surface area (Å²) in [5.41, 5.74) is 3.67. The van der Waals surface area contributed by atoms with Crippen LogP contribution in [0, 0.1) is 25.7 Å². The summed E-state index contributed by atoms with van der Waals surface area (Å²) in [5.74, 6) is 1.99. The Hall–Kier alpha value is -2.87. The lowest BCUT2D eigenvalue weighted by Crippen LogP contribution is -2.37. The van der Waals surface area contributed by atoms with E-state index in [2.05, 4.69) is 30.2 Å². The molecule has 156 valence electrons. The summed E-state index contributed by atoms with van der Waals surface area (Å²) in [6.07, 6.45) is 5.91. The third-order valence-electron chi connectivity index (χ3n) is 6.42. The number of fused-ring (bicyclic) bond motifs is 1. The fourth-order valence-electron chi connectivity index (χ4n) is 5.00. The van der Waals surface area contributed by atoms with Gasteiger partial charge in [-0.3, -0.25) is 4.98 Å². The molecule has 0 bridgehead atoms. The zero-order chi connectivity index (χ0) is 20.7. The zero-order valence-corrected chi connectivity index (χ0v) is 17.6. The van der Waals surface area contributed by atoms with E-state index in [0.29, 0.717) is 11.8 Å². The molecule has 2 fully saturated rings. The molecule has 0 spiro atoms. The van der Waals surface area contributed by atoms with E-state index in [9.17, 15) is 0 Å². The van der Waals surface area contributed by atoms with Crippen molar-refractivity contribution < 1.29 is 4.74 Å². The van der Waals surface area contributed by atoms with Crippen molar-refractivity contribution in [2.45, 2.75) is 38.8 Å². The number of nitrogens with zero attached hydrogens (tertiary/aromatic N) is 7. The molecule has 0 unspecified atom stereocenters. The predicted molar refractivity (Wildman–Crippen MR) is 113 cm³/mol. The third kappa shape index (κ3) is 3.56. The number of hydrogen-bond acceptors (Lipinski definition) is 7. The van der Waals surface area contributed by atoms with Crippen LogP contribution in [0.3, 0.4) is 0 Å². The lowest BCUT2D eigenvalue weighted by Gasteiger charge is -2.36. The SMILES string of the molecule is CO[C@@H]1C[C@H]2CN(c3nc(C)cc(C)n3)C[C@H]2C[C@H]1n1cc(-c2ccccn2)nn1. The molecule has 8 heteroatoms. The summed E-state index contributed by atoms with van der Waals surface area (Å²) >= 11 is 0. The highest BCUT2D eigenvalue weighted by Gasteiger charge is 2.44. The molecule has 4 atom stereocenters. The number of anilines is 1. The van der Waals surface area contributed by atoms with Crippen molar-refractivity contribution in [3.63, 3.8) is 0 Å². The van der Waals surface area contributed by atoms with Gasteiger partial charge in [0.15, 0.2) is 0 Å². The highest BCUT2D eigenvalue weighted by atomic mass is 16.5. The summed E-state index contributed by atoms with van der Waals surface area (Å²) in [6.45, 7) is 6.02. The van der Waals surface area contributed by atoms with Crippen molar-refractivity contribution >= 4 is 5.95 Å². The summed E-state index contributed by atoms with van der Waals surface area (Å²) in [6, 6.07) is 8.01. The van der Waals surface area contributed by atoms with Crippen LogP contribution in [0.1, 0.15) is 30.3 Å². The number of rotatable bonds is 4. The van der Waals surface area contributed by atoms with Gasteiger partial charge in [-0.2, -0.15) is 0 Å². The van der Waals surface area contributed by atoms with Crippen molar-refractivity contribution in [1.29, 1.82) is 0 Å². The van der Waals surface area contributed by atoms with Crippen LogP contribution in [0.2, 0.25) is 0 Å². The minimum Gasteiger partial charge on any atom is -0.379 e. The van der Waals surface area contributed by atoms with Gasteiger partial charge in [0.05, 0.1) is 24.0 Å². The Bertz CT molecular complexity index is 1000. The summed E-state index contributed by atoms with van der Waals surface area (Å²) in [4.78, 5) is 16.1. The quantitative estimate of drug-likeness (QED) is 0.660. The van der Waals surface area contributed by atoms with Gasteiger partial charge in [0.1, 0.15) is 5.69 Å². The van der Waals surface area contributed by atoms with Gasteiger partial charge in [-0.15, -0.1) is 5.10 Å². The Labute approximate surface area is 176 Å². The topological polar surface area (TPSA) is 81.9 Å². The molecule has 0 aromatic carbocycles. The number of ether oxygens (including phenoxy) is 1. The van der Waals surface area contributed by atoms with Crippen molar-refractivity contribution in [2.24, 2.45) is 11.8 Å². The molecule has 3 aromatic rings. The monoisotopic (exact) mass is 405 g/mol. The van der Waals surface area contributed by atoms with Gasteiger partial charge < -0.3 is 9.64 Å². The van der Waals surface area contributed by atoms with E-state index in [4.69, 9.17) is 4.74 Å². The molecular weight excluding hydrogens is 378 g/mol. The molecule has 2 aliphatic rings. The lowest BCUT2D eigenvalue weighted by molar-refractivity contribution is -0.00541. The Kier molecular flexibility index (Phi) is 4.94. The molecular formula is C22H27N7O. The standard InChI is InChI=1S/C22H27N7O/c1-14-8-15(2)25-22(24-14)28-11-16-9-20(21(30-3)10-17(16)12-28)29-13-19(26-27-29)18-6-4-5-7-23-18/h4-8,13,16-17,20-21H,9-12H2,1-3H3/t16-,17+,20-,21-/m1/s1. The van der Waals surface area contributed by atoms with Gasteiger partial charge in [-0.1, -0.05) is 11.3 Å². The molecule has 5 rings (SSSR count). The minimum absolute atomic E-state index is 0.115. The van der Waals surface area contributed by atoms with E-state index in [1.165, 1.54) is 0 Å². The highest BCUT2D eigenvalue weighted by Crippen LogP contribution is 2.43. The number of methoxy groups -OCH3 is 1. The normalized spacial score (nSPS) is 26.0. The average Bonchev–Trinajstić information content (AvgIpc) is 3.39. The largest absolute Gasteiger partial charge is 0.379 e. The van der Waals surface area contributed by atoms with Crippen molar-refractivity contribution in [2.75, 3.05) is 25.1 Å². The summed E-state index contributed by atoms with van der Waals surface area (Å²) in [7, 11) is 1.80. The van der Waals surface area contributed by atoms with E-state index < -0.39 is 0 Å². The molecule has 3 aromatic heterocycles. The first-order valence-electron chi connectivity index (χ1n) is 10.5. The first kappa shape index (κ1) is 19.1. The smallest absolute Gasteiger partial charge is 0.225 e. The van der Waals surface area contributed by atoms with Crippen molar-refractivity contribution in [3.8, 4) is 11.4 Å². The highest BCUT2D eigenvalue weighted by molar-refractivity contribution is 5.51. The first-order chi connectivity index (χ1) is 14.6. The molecule has 1 aliphatic carbocycles. The van der Waals surface area contributed by atoms with Crippen LogP contribution in [0.5, 0.6) is 0 Å². The maximum atomic E-state index is 5.91. The number of aromatic nitrogens is 6. The number of pyridine rings is 1. The molecule has 1 aliphatic heterocycles. The molecule has 0 N–H and O–H groups in total.